The summed E-state index contributed by atoms with van der Waals surface area (Å²) in [6.07, 6.45) is 4.30. The first kappa shape index (κ1) is 15.7. The summed E-state index contributed by atoms with van der Waals surface area (Å²) in [6.45, 7) is 5.06. The second-order valence-corrected chi connectivity index (χ2v) is 6.92. The van der Waals surface area contributed by atoms with Crippen LogP contribution in [0.4, 0.5) is 5.13 Å². The summed E-state index contributed by atoms with van der Waals surface area (Å²) in [5.41, 5.74) is 5.56. The molecule has 1 aromatic heterocycles. The van der Waals surface area contributed by atoms with Crippen LogP contribution in [0.1, 0.15) is 19.3 Å². The van der Waals surface area contributed by atoms with Crippen LogP contribution < -0.4 is 10.6 Å². The van der Waals surface area contributed by atoms with Gasteiger partial charge in [-0.1, -0.05) is 0 Å². The van der Waals surface area contributed by atoms with Gasteiger partial charge in [-0.3, -0.25) is 4.79 Å². The van der Waals surface area contributed by atoms with Crippen LogP contribution in [0.3, 0.4) is 0 Å². The van der Waals surface area contributed by atoms with Crippen LogP contribution in [0, 0.1) is 5.41 Å². The highest BCUT2D eigenvalue weighted by molar-refractivity contribution is 7.13. The van der Waals surface area contributed by atoms with E-state index >= 15 is 0 Å². The number of carbonyl (C=O) groups is 1. The van der Waals surface area contributed by atoms with Gasteiger partial charge in [-0.15, -0.1) is 11.3 Å². The van der Waals surface area contributed by atoms with Crippen molar-refractivity contribution in [1.82, 2.24) is 9.88 Å². The van der Waals surface area contributed by atoms with Gasteiger partial charge in [0.05, 0.1) is 5.41 Å². The molecule has 0 spiro atoms. The fraction of sp³-hybridized carbons (Fsp3) is 0.733. The molecule has 2 fully saturated rings. The molecule has 1 amide bonds. The summed E-state index contributed by atoms with van der Waals surface area (Å²) < 4.78 is 5.41. The average molecular weight is 324 g/mol. The number of ether oxygens (including phenoxy) is 1. The van der Waals surface area contributed by atoms with E-state index in [2.05, 4.69) is 9.88 Å². The van der Waals surface area contributed by atoms with Crippen LogP contribution in [0.2, 0.25) is 0 Å². The molecular weight excluding hydrogens is 300 g/mol. The Balaban J connectivity index is 1.66. The van der Waals surface area contributed by atoms with Crippen molar-refractivity contribution in [3.8, 4) is 0 Å². The first-order valence-corrected chi connectivity index (χ1v) is 8.85. The largest absolute Gasteiger partial charge is 0.381 e. The Kier molecular flexibility index (Phi) is 4.95. The molecular formula is C15H24N4O2S. The van der Waals surface area contributed by atoms with Crippen LogP contribution in [0.5, 0.6) is 0 Å². The van der Waals surface area contributed by atoms with Gasteiger partial charge in [-0.05, 0) is 19.3 Å². The molecule has 122 valence electrons. The van der Waals surface area contributed by atoms with Gasteiger partial charge in [0, 0.05) is 57.5 Å². The normalized spacial score (nSPS) is 22.4. The molecule has 0 unspecified atom stereocenters. The van der Waals surface area contributed by atoms with E-state index in [1.54, 1.807) is 11.3 Å². The smallest absolute Gasteiger partial charge is 0.230 e. The summed E-state index contributed by atoms with van der Waals surface area (Å²) >= 11 is 1.65. The summed E-state index contributed by atoms with van der Waals surface area (Å²) in [5, 5.41) is 3.04. The van der Waals surface area contributed by atoms with Gasteiger partial charge < -0.3 is 20.3 Å². The fourth-order valence-corrected chi connectivity index (χ4v) is 3.98. The lowest BCUT2D eigenvalue weighted by Gasteiger charge is -2.38. The van der Waals surface area contributed by atoms with Crippen molar-refractivity contribution in [2.75, 3.05) is 50.8 Å². The third-order valence-corrected chi connectivity index (χ3v) is 5.60. The molecule has 22 heavy (non-hydrogen) atoms. The van der Waals surface area contributed by atoms with Gasteiger partial charge in [-0.25, -0.2) is 4.98 Å². The number of aromatic nitrogens is 1. The number of carbonyl (C=O) groups excluding carboxylic acids is 1. The molecule has 2 aliphatic heterocycles. The Morgan fingerprint density at radius 2 is 2.14 bits per heavy atom. The van der Waals surface area contributed by atoms with Crippen LogP contribution in [-0.4, -0.2) is 61.7 Å². The van der Waals surface area contributed by atoms with Gasteiger partial charge in [0.15, 0.2) is 5.13 Å². The summed E-state index contributed by atoms with van der Waals surface area (Å²) in [7, 11) is 0. The Morgan fingerprint density at radius 3 is 2.82 bits per heavy atom. The Morgan fingerprint density at radius 1 is 1.32 bits per heavy atom. The van der Waals surface area contributed by atoms with Gasteiger partial charge in [0.1, 0.15) is 0 Å². The minimum Gasteiger partial charge on any atom is -0.381 e. The maximum atomic E-state index is 13.0. The third-order valence-electron chi connectivity index (χ3n) is 4.77. The van der Waals surface area contributed by atoms with E-state index in [0.29, 0.717) is 19.8 Å². The first-order valence-electron chi connectivity index (χ1n) is 7.97. The molecule has 7 heteroatoms. The lowest BCUT2D eigenvalue weighted by Crippen LogP contribution is -2.51. The number of thiazole rings is 1. The monoisotopic (exact) mass is 324 g/mol. The lowest BCUT2D eigenvalue weighted by atomic mass is 9.79. The van der Waals surface area contributed by atoms with E-state index in [1.165, 1.54) is 0 Å². The number of anilines is 1. The van der Waals surface area contributed by atoms with Crippen molar-refractivity contribution in [1.29, 1.82) is 0 Å². The topological polar surface area (TPSA) is 71.7 Å². The number of nitrogens with two attached hydrogens (primary N) is 1. The van der Waals surface area contributed by atoms with Crippen molar-refractivity contribution < 1.29 is 9.53 Å². The van der Waals surface area contributed by atoms with E-state index in [9.17, 15) is 4.79 Å². The fourth-order valence-electron chi connectivity index (χ4n) is 3.29. The predicted molar refractivity (Wildman–Crippen MR) is 87.1 cm³/mol. The molecule has 6 nitrogen and oxygen atoms in total. The highest BCUT2D eigenvalue weighted by atomic mass is 32.1. The van der Waals surface area contributed by atoms with E-state index in [4.69, 9.17) is 10.5 Å². The molecule has 0 radical (unpaired) electrons. The van der Waals surface area contributed by atoms with Crippen LogP contribution >= 0.6 is 11.3 Å². The quantitative estimate of drug-likeness (QED) is 0.896. The van der Waals surface area contributed by atoms with Crippen molar-refractivity contribution in [2.24, 2.45) is 11.1 Å². The maximum absolute atomic E-state index is 13.0. The minimum absolute atomic E-state index is 0.222. The molecule has 0 saturated carbocycles. The van der Waals surface area contributed by atoms with Crippen molar-refractivity contribution >= 4 is 22.4 Å². The molecule has 3 heterocycles. The summed E-state index contributed by atoms with van der Waals surface area (Å²) in [5.74, 6) is 0.222. The van der Waals surface area contributed by atoms with Crippen molar-refractivity contribution in [3.63, 3.8) is 0 Å². The SMILES string of the molecule is NCC1(C(=O)N2CCCN(c3nccs3)CC2)CCOCC1. The van der Waals surface area contributed by atoms with Gasteiger partial charge in [-0.2, -0.15) is 0 Å². The molecule has 2 aliphatic rings. The third kappa shape index (κ3) is 3.11. The minimum atomic E-state index is -0.408. The van der Waals surface area contributed by atoms with Crippen LogP contribution in [-0.2, 0) is 9.53 Å². The number of hydrogen-bond acceptors (Lipinski definition) is 6. The number of rotatable bonds is 3. The zero-order valence-electron chi connectivity index (χ0n) is 12.9. The van der Waals surface area contributed by atoms with E-state index in [-0.39, 0.29) is 5.91 Å². The lowest BCUT2D eigenvalue weighted by molar-refractivity contribution is -0.147. The average Bonchev–Trinajstić information content (AvgIpc) is 2.99. The zero-order valence-corrected chi connectivity index (χ0v) is 13.7. The standard InChI is InChI=1S/C15H24N4O2S/c16-12-15(2-9-21-10-3-15)13(20)18-5-1-6-19(8-7-18)14-17-4-11-22-14/h4,11H,1-3,5-10,12,16H2. The summed E-state index contributed by atoms with van der Waals surface area (Å²) in [6, 6.07) is 0. The van der Waals surface area contributed by atoms with Crippen molar-refractivity contribution in [2.45, 2.75) is 19.3 Å². The number of hydrogen-bond donors (Lipinski definition) is 1. The van der Waals surface area contributed by atoms with E-state index in [0.717, 1.165) is 50.6 Å². The second-order valence-electron chi connectivity index (χ2n) is 6.04. The predicted octanol–water partition coefficient (Wildman–Crippen LogP) is 0.937. The van der Waals surface area contributed by atoms with E-state index < -0.39 is 5.41 Å². The first-order chi connectivity index (χ1) is 10.7. The van der Waals surface area contributed by atoms with E-state index in [1.807, 2.05) is 16.5 Å². The molecule has 2 N–H and O–H groups in total. The van der Waals surface area contributed by atoms with Crippen LogP contribution in [0.25, 0.3) is 0 Å². The molecule has 0 atom stereocenters. The number of amides is 1. The molecule has 0 aromatic carbocycles. The molecule has 0 aliphatic carbocycles. The van der Waals surface area contributed by atoms with Crippen LogP contribution in [0.15, 0.2) is 11.6 Å². The highest BCUT2D eigenvalue weighted by Crippen LogP contribution is 2.32. The zero-order chi connectivity index (χ0) is 15.4. The van der Waals surface area contributed by atoms with Gasteiger partial charge in [0.25, 0.3) is 0 Å². The van der Waals surface area contributed by atoms with Gasteiger partial charge >= 0.3 is 0 Å². The maximum Gasteiger partial charge on any atom is 0.230 e. The Labute approximate surface area is 135 Å². The molecule has 1 aromatic rings. The molecule has 0 bridgehead atoms. The molecule has 3 rings (SSSR count). The Bertz CT molecular complexity index is 488. The summed E-state index contributed by atoms with van der Waals surface area (Å²) in [4.78, 5) is 21.7. The highest BCUT2D eigenvalue weighted by Gasteiger charge is 2.41. The van der Waals surface area contributed by atoms with Gasteiger partial charge in [0.2, 0.25) is 5.91 Å². The molecule has 2 saturated heterocycles. The second kappa shape index (κ2) is 6.93. The Hall–Kier alpha value is -1.18. The van der Waals surface area contributed by atoms with Crippen molar-refractivity contribution in [3.05, 3.63) is 11.6 Å². The number of nitrogens with zero attached hydrogens (tertiary/aromatic N) is 3.